The molecule has 18 heavy (non-hydrogen) atoms. The van der Waals surface area contributed by atoms with Crippen molar-refractivity contribution in [3.63, 3.8) is 0 Å². The second-order valence-electron chi connectivity index (χ2n) is 4.88. The topological polar surface area (TPSA) is 29.1 Å². The molecule has 1 aliphatic rings. The second kappa shape index (κ2) is 5.83. The Morgan fingerprint density at radius 2 is 2.28 bits per heavy atom. The molecule has 0 bridgehead atoms. The first-order valence-electron chi connectivity index (χ1n) is 6.25. The summed E-state index contributed by atoms with van der Waals surface area (Å²) in [6, 6.07) is 4.53. The third-order valence-electron chi connectivity index (χ3n) is 3.62. The summed E-state index contributed by atoms with van der Waals surface area (Å²) in [5, 5.41) is 3.93. The van der Waals surface area contributed by atoms with Gasteiger partial charge in [0.1, 0.15) is 5.82 Å². The number of carbonyl (C=O) groups is 1. The Morgan fingerprint density at radius 3 is 3.00 bits per heavy atom. The van der Waals surface area contributed by atoms with Crippen LogP contribution in [0.3, 0.4) is 0 Å². The molecule has 1 N–H and O–H groups in total. The summed E-state index contributed by atoms with van der Waals surface area (Å²) in [4.78, 5) is 12.1. The first-order chi connectivity index (χ1) is 8.61. The van der Waals surface area contributed by atoms with E-state index in [2.05, 4.69) is 21.2 Å². The molecule has 1 saturated carbocycles. The van der Waals surface area contributed by atoms with Gasteiger partial charge < -0.3 is 5.32 Å². The van der Waals surface area contributed by atoms with Gasteiger partial charge in [0, 0.05) is 16.9 Å². The van der Waals surface area contributed by atoms with Gasteiger partial charge in [-0.25, -0.2) is 4.39 Å². The van der Waals surface area contributed by atoms with E-state index < -0.39 is 0 Å². The lowest BCUT2D eigenvalue weighted by molar-refractivity contribution is 0.0929. The van der Waals surface area contributed by atoms with Crippen LogP contribution in [-0.4, -0.2) is 17.3 Å². The van der Waals surface area contributed by atoms with Crippen molar-refractivity contribution in [3.05, 3.63) is 35.1 Å². The van der Waals surface area contributed by atoms with Crippen LogP contribution in [0.1, 0.15) is 35.2 Å². The van der Waals surface area contributed by atoms with Crippen molar-refractivity contribution in [1.29, 1.82) is 0 Å². The van der Waals surface area contributed by atoms with Crippen molar-refractivity contribution in [2.24, 2.45) is 5.92 Å². The third-order valence-corrected chi connectivity index (χ3v) is 4.45. The predicted molar refractivity (Wildman–Crippen MR) is 73.5 cm³/mol. The van der Waals surface area contributed by atoms with Crippen molar-refractivity contribution < 1.29 is 9.18 Å². The lowest BCUT2D eigenvalue weighted by atomic mass is 10.0. The third kappa shape index (κ3) is 2.91. The number of halogens is 2. The number of nitrogens with one attached hydrogen (secondary N) is 1. The van der Waals surface area contributed by atoms with E-state index in [9.17, 15) is 9.18 Å². The summed E-state index contributed by atoms with van der Waals surface area (Å²) < 4.78 is 13.2. The van der Waals surface area contributed by atoms with E-state index in [1.54, 1.807) is 6.07 Å². The second-order valence-corrected chi connectivity index (χ2v) is 5.53. The van der Waals surface area contributed by atoms with Crippen LogP contribution in [0.25, 0.3) is 0 Å². The fourth-order valence-electron chi connectivity index (χ4n) is 2.50. The maximum atomic E-state index is 13.2. The molecule has 0 radical (unpaired) electrons. The summed E-state index contributed by atoms with van der Waals surface area (Å²) in [5.74, 6) is -0.0399. The summed E-state index contributed by atoms with van der Waals surface area (Å²) >= 11 is 3.48. The van der Waals surface area contributed by atoms with E-state index in [0.29, 0.717) is 11.5 Å². The first-order valence-corrected chi connectivity index (χ1v) is 7.37. The van der Waals surface area contributed by atoms with Crippen molar-refractivity contribution in [2.75, 3.05) is 5.33 Å². The highest BCUT2D eigenvalue weighted by Crippen LogP contribution is 2.27. The molecule has 1 fully saturated rings. The van der Waals surface area contributed by atoms with E-state index in [4.69, 9.17) is 0 Å². The smallest absolute Gasteiger partial charge is 0.251 e. The van der Waals surface area contributed by atoms with E-state index in [-0.39, 0.29) is 17.8 Å². The van der Waals surface area contributed by atoms with Gasteiger partial charge in [0.05, 0.1) is 0 Å². The molecule has 0 heterocycles. The lowest BCUT2D eigenvalue weighted by Crippen LogP contribution is -2.38. The summed E-state index contributed by atoms with van der Waals surface area (Å²) in [7, 11) is 0. The number of rotatable bonds is 3. The quantitative estimate of drug-likeness (QED) is 0.851. The highest BCUT2D eigenvalue weighted by molar-refractivity contribution is 9.09. The van der Waals surface area contributed by atoms with Gasteiger partial charge in [0.15, 0.2) is 0 Å². The molecule has 1 aromatic rings. The molecule has 0 saturated heterocycles. The molecular weight excluding hydrogens is 297 g/mol. The van der Waals surface area contributed by atoms with Gasteiger partial charge in [-0.3, -0.25) is 4.79 Å². The molecule has 2 rings (SSSR count). The summed E-state index contributed by atoms with van der Waals surface area (Å²) in [5.41, 5.74) is 1.25. The molecule has 2 nitrogen and oxygen atoms in total. The molecular formula is C14H17BrFNO. The van der Waals surface area contributed by atoms with Gasteiger partial charge in [0.25, 0.3) is 5.91 Å². The van der Waals surface area contributed by atoms with Crippen LogP contribution in [0.4, 0.5) is 4.39 Å². The van der Waals surface area contributed by atoms with Gasteiger partial charge >= 0.3 is 0 Å². The van der Waals surface area contributed by atoms with Crippen LogP contribution in [0.2, 0.25) is 0 Å². The number of carbonyl (C=O) groups excluding carboxylic acids is 1. The number of hydrogen-bond acceptors (Lipinski definition) is 1. The minimum atomic E-state index is -0.366. The SMILES string of the molecule is Cc1ccc(F)cc1C(=O)NC1CCCC1CBr. The number of amides is 1. The van der Waals surface area contributed by atoms with Gasteiger partial charge in [-0.2, -0.15) is 0 Å². The van der Waals surface area contributed by atoms with Gasteiger partial charge in [-0.1, -0.05) is 28.4 Å². The average molecular weight is 314 g/mol. The standard InChI is InChI=1S/C14H17BrFNO/c1-9-5-6-11(16)7-12(9)14(18)17-13-4-2-3-10(13)8-15/h5-7,10,13H,2-4,8H2,1H3,(H,17,18). The molecule has 2 unspecified atom stereocenters. The van der Waals surface area contributed by atoms with E-state index in [1.165, 1.54) is 12.1 Å². The fourth-order valence-corrected chi connectivity index (χ4v) is 3.27. The zero-order valence-electron chi connectivity index (χ0n) is 10.4. The minimum absolute atomic E-state index is 0.162. The molecule has 98 valence electrons. The van der Waals surface area contributed by atoms with E-state index in [1.807, 2.05) is 6.92 Å². The van der Waals surface area contributed by atoms with Crippen molar-refractivity contribution in [1.82, 2.24) is 5.32 Å². The normalized spacial score (nSPS) is 23.1. The summed E-state index contributed by atoms with van der Waals surface area (Å²) in [6.45, 7) is 1.82. The Labute approximate surface area is 115 Å². The van der Waals surface area contributed by atoms with Crippen molar-refractivity contribution in [3.8, 4) is 0 Å². The molecule has 0 aromatic heterocycles. The van der Waals surface area contributed by atoms with Crippen LogP contribution >= 0.6 is 15.9 Å². The lowest BCUT2D eigenvalue weighted by Gasteiger charge is -2.19. The highest BCUT2D eigenvalue weighted by atomic mass is 79.9. The monoisotopic (exact) mass is 313 g/mol. The number of benzene rings is 1. The van der Waals surface area contributed by atoms with Crippen LogP contribution in [0, 0.1) is 18.7 Å². The predicted octanol–water partition coefficient (Wildman–Crippen LogP) is 3.43. The molecule has 0 spiro atoms. The Morgan fingerprint density at radius 1 is 1.50 bits per heavy atom. The van der Waals surface area contributed by atoms with Crippen LogP contribution in [0.15, 0.2) is 18.2 Å². The van der Waals surface area contributed by atoms with Crippen molar-refractivity contribution >= 4 is 21.8 Å². The van der Waals surface area contributed by atoms with Crippen LogP contribution in [-0.2, 0) is 0 Å². The average Bonchev–Trinajstić information content (AvgIpc) is 2.79. The van der Waals surface area contributed by atoms with Gasteiger partial charge in [-0.05, 0) is 43.4 Å². The zero-order valence-corrected chi connectivity index (χ0v) is 12.0. The van der Waals surface area contributed by atoms with Gasteiger partial charge in [0.2, 0.25) is 0 Å². The largest absolute Gasteiger partial charge is 0.349 e. The number of aryl methyl sites for hydroxylation is 1. The minimum Gasteiger partial charge on any atom is -0.349 e. The molecule has 1 amide bonds. The molecule has 1 aliphatic carbocycles. The maximum Gasteiger partial charge on any atom is 0.251 e. The van der Waals surface area contributed by atoms with E-state index in [0.717, 1.165) is 30.2 Å². The first kappa shape index (κ1) is 13.5. The van der Waals surface area contributed by atoms with Crippen LogP contribution in [0.5, 0.6) is 0 Å². The van der Waals surface area contributed by atoms with Crippen molar-refractivity contribution in [2.45, 2.75) is 32.2 Å². The molecule has 4 heteroatoms. The van der Waals surface area contributed by atoms with Gasteiger partial charge in [-0.15, -0.1) is 0 Å². The summed E-state index contributed by atoms with van der Waals surface area (Å²) in [6.07, 6.45) is 3.29. The van der Waals surface area contributed by atoms with Crippen LogP contribution < -0.4 is 5.32 Å². The number of hydrogen-bond donors (Lipinski definition) is 1. The molecule has 2 atom stereocenters. The maximum absolute atomic E-state index is 13.2. The Hall–Kier alpha value is -0.900. The highest BCUT2D eigenvalue weighted by Gasteiger charge is 2.28. The van der Waals surface area contributed by atoms with E-state index >= 15 is 0 Å². The fraction of sp³-hybridized carbons (Fsp3) is 0.500. The Balaban J connectivity index is 2.09. The molecule has 1 aromatic carbocycles. The molecule has 0 aliphatic heterocycles. The Bertz CT molecular complexity index is 449. The number of alkyl halides is 1. The zero-order chi connectivity index (χ0) is 13.1. The Kier molecular flexibility index (Phi) is 4.38.